The number of alkyl halides is 3. The Hall–Kier alpha value is -4.29. The van der Waals surface area contributed by atoms with Crippen molar-refractivity contribution in [3.63, 3.8) is 0 Å². The van der Waals surface area contributed by atoms with Crippen LogP contribution in [0.1, 0.15) is 54.1 Å². The molecule has 0 unspecified atom stereocenters. The molecule has 37 heavy (non-hydrogen) atoms. The highest BCUT2D eigenvalue weighted by atomic mass is 19.4. The predicted octanol–water partition coefficient (Wildman–Crippen LogP) is 4.26. The van der Waals surface area contributed by atoms with E-state index in [1.165, 1.54) is 0 Å². The minimum absolute atomic E-state index is 0.0439. The van der Waals surface area contributed by atoms with Gasteiger partial charge in [-0.2, -0.15) is 23.3 Å². The largest absolute Gasteiger partial charge is 0.490 e. The smallest absolute Gasteiger partial charge is 0.475 e. The standard InChI is InChI=1S/C22H24N6O2.C2HF3O2/c1-13-10-15(17-8-9-23-18-11-14(2)26-28(17)18)6-7-16(13)12-24-20(29)19-25-21(30-27-19)22(3,4)5;3-2(4,5)1(6)7/h6-11H,12H2,1-5H3,(H,24,29);(H,6,7). The van der Waals surface area contributed by atoms with Crippen LogP contribution in [0.2, 0.25) is 0 Å². The van der Waals surface area contributed by atoms with Crippen LogP contribution in [0.25, 0.3) is 16.9 Å². The van der Waals surface area contributed by atoms with Crippen LogP contribution >= 0.6 is 0 Å². The topological polar surface area (TPSA) is 136 Å². The molecule has 0 fully saturated rings. The second-order valence-corrected chi connectivity index (χ2v) is 9.19. The second kappa shape index (κ2) is 10.4. The van der Waals surface area contributed by atoms with Crippen molar-refractivity contribution in [3.8, 4) is 11.3 Å². The average Bonchev–Trinajstić information content (AvgIpc) is 3.44. The van der Waals surface area contributed by atoms with Gasteiger partial charge in [-0.05, 0) is 37.1 Å². The number of carboxylic acid groups (broad SMARTS) is 1. The summed E-state index contributed by atoms with van der Waals surface area (Å²) < 4.78 is 38.8. The fraction of sp³-hybridized carbons (Fsp3) is 0.333. The summed E-state index contributed by atoms with van der Waals surface area (Å²) in [6.07, 6.45) is -3.30. The molecule has 13 heteroatoms. The Morgan fingerprint density at radius 2 is 1.78 bits per heavy atom. The summed E-state index contributed by atoms with van der Waals surface area (Å²) in [5, 5.41) is 18.3. The molecule has 0 saturated heterocycles. The van der Waals surface area contributed by atoms with Crippen molar-refractivity contribution in [2.75, 3.05) is 0 Å². The molecule has 4 rings (SSSR count). The van der Waals surface area contributed by atoms with Gasteiger partial charge in [0.15, 0.2) is 5.65 Å². The number of aliphatic carboxylic acids is 1. The van der Waals surface area contributed by atoms with Gasteiger partial charge in [-0.15, -0.1) is 0 Å². The molecular formula is C24H25F3N6O4. The number of nitrogens with one attached hydrogen (secondary N) is 1. The number of nitrogens with zero attached hydrogens (tertiary/aromatic N) is 5. The minimum atomic E-state index is -5.08. The van der Waals surface area contributed by atoms with Crippen molar-refractivity contribution < 1.29 is 32.4 Å². The van der Waals surface area contributed by atoms with E-state index in [0.29, 0.717) is 12.4 Å². The fourth-order valence-electron chi connectivity index (χ4n) is 3.16. The first-order valence-corrected chi connectivity index (χ1v) is 11.0. The van der Waals surface area contributed by atoms with E-state index in [-0.39, 0.29) is 17.1 Å². The van der Waals surface area contributed by atoms with Gasteiger partial charge in [0.2, 0.25) is 5.89 Å². The lowest BCUT2D eigenvalue weighted by Gasteiger charge is -2.11. The number of aromatic nitrogens is 5. The fourth-order valence-corrected chi connectivity index (χ4v) is 3.16. The third-order valence-corrected chi connectivity index (χ3v) is 5.07. The normalized spacial score (nSPS) is 11.7. The van der Waals surface area contributed by atoms with Crippen molar-refractivity contribution in [3.05, 3.63) is 65.1 Å². The van der Waals surface area contributed by atoms with E-state index in [0.717, 1.165) is 33.7 Å². The predicted molar refractivity (Wildman–Crippen MR) is 126 cm³/mol. The van der Waals surface area contributed by atoms with Crippen LogP contribution in [0.5, 0.6) is 0 Å². The van der Waals surface area contributed by atoms with E-state index >= 15 is 0 Å². The Bertz CT molecular complexity index is 1440. The third kappa shape index (κ3) is 6.68. The molecule has 0 aliphatic heterocycles. The number of carbonyl (C=O) groups excluding carboxylic acids is 1. The number of hydrogen-bond acceptors (Lipinski definition) is 7. The van der Waals surface area contributed by atoms with Gasteiger partial charge in [0.1, 0.15) is 0 Å². The Morgan fingerprint density at radius 1 is 1.11 bits per heavy atom. The molecule has 0 saturated carbocycles. The maximum Gasteiger partial charge on any atom is 0.490 e. The molecule has 0 spiro atoms. The molecule has 10 nitrogen and oxygen atoms in total. The molecule has 0 radical (unpaired) electrons. The molecule has 0 atom stereocenters. The number of aryl methyl sites for hydroxylation is 2. The first-order chi connectivity index (χ1) is 17.2. The molecule has 3 aromatic heterocycles. The van der Waals surface area contributed by atoms with Gasteiger partial charge in [-0.1, -0.05) is 38.1 Å². The van der Waals surface area contributed by atoms with Crippen LogP contribution < -0.4 is 5.32 Å². The van der Waals surface area contributed by atoms with E-state index in [9.17, 15) is 18.0 Å². The molecule has 1 aromatic carbocycles. The quantitative estimate of drug-likeness (QED) is 0.409. The highest BCUT2D eigenvalue weighted by molar-refractivity contribution is 5.90. The van der Waals surface area contributed by atoms with Gasteiger partial charge in [0, 0.05) is 29.8 Å². The van der Waals surface area contributed by atoms with Gasteiger partial charge < -0.3 is 14.9 Å². The minimum Gasteiger partial charge on any atom is -0.475 e. The molecule has 1 amide bonds. The van der Waals surface area contributed by atoms with Crippen LogP contribution in [-0.4, -0.2) is 47.9 Å². The first kappa shape index (κ1) is 27.3. The molecule has 0 aliphatic carbocycles. The SMILES string of the molecule is Cc1cc2nccc(-c3ccc(CNC(=O)c4noc(C(C)(C)C)n4)c(C)c3)n2n1.O=C(O)C(F)(F)F. The van der Waals surface area contributed by atoms with Gasteiger partial charge in [-0.25, -0.2) is 14.3 Å². The molecule has 0 bridgehead atoms. The van der Waals surface area contributed by atoms with E-state index in [1.54, 1.807) is 6.20 Å². The lowest BCUT2D eigenvalue weighted by atomic mass is 9.97. The number of rotatable bonds is 4. The number of halogens is 3. The number of benzene rings is 1. The molecular weight excluding hydrogens is 493 g/mol. The van der Waals surface area contributed by atoms with Gasteiger partial charge >= 0.3 is 12.1 Å². The monoisotopic (exact) mass is 518 g/mol. The summed E-state index contributed by atoms with van der Waals surface area (Å²) in [5.41, 5.74) is 5.50. The highest BCUT2D eigenvalue weighted by Gasteiger charge is 2.38. The lowest BCUT2D eigenvalue weighted by Crippen LogP contribution is -2.24. The number of carboxylic acids is 1. The molecule has 2 N–H and O–H groups in total. The Kier molecular flexibility index (Phi) is 7.65. The summed E-state index contributed by atoms with van der Waals surface area (Å²) >= 11 is 0. The maximum atomic E-state index is 12.4. The van der Waals surface area contributed by atoms with Gasteiger partial charge in [0.05, 0.1) is 11.4 Å². The van der Waals surface area contributed by atoms with Crippen molar-refractivity contribution in [1.82, 2.24) is 30.1 Å². The zero-order valence-corrected chi connectivity index (χ0v) is 20.7. The average molecular weight is 518 g/mol. The molecule has 196 valence electrons. The van der Waals surface area contributed by atoms with Crippen LogP contribution in [0, 0.1) is 13.8 Å². The van der Waals surface area contributed by atoms with Crippen molar-refractivity contribution in [1.29, 1.82) is 0 Å². The number of hydrogen-bond donors (Lipinski definition) is 2. The van der Waals surface area contributed by atoms with Crippen LogP contribution in [0.15, 0.2) is 41.1 Å². The summed E-state index contributed by atoms with van der Waals surface area (Å²) in [6.45, 7) is 10.2. The zero-order chi connectivity index (χ0) is 27.5. The van der Waals surface area contributed by atoms with Gasteiger partial charge in [0.25, 0.3) is 11.7 Å². The van der Waals surface area contributed by atoms with Crippen LogP contribution in [0.3, 0.4) is 0 Å². The number of amides is 1. The third-order valence-electron chi connectivity index (χ3n) is 5.07. The van der Waals surface area contributed by atoms with Gasteiger partial charge in [-0.3, -0.25) is 4.79 Å². The van der Waals surface area contributed by atoms with Crippen LogP contribution in [-0.2, 0) is 16.8 Å². The molecule has 3 heterocycles. The van der Waals surface area contributed by atoms with E-state index in [2.05, 4.69) is 31.6 Å². The Labute approximate surface area is 209 Å². The molecule has 0 aliphatic rings. The lowest BCUT2D eigenvalue weighted by molar-refractivity contribution is -0.192. The Balaban J connectivity index is 0.000000479. The Morgan fingerprint density at radius 3 is 2.35 bits per heavy atom. The van der Waals surface area contributed by atoms with E-state index < -0.39 is 12.1 Å². The van der Waals surface area contributed by atoms with Crippen molar-refractivity contribution in [2.45, 2.75) is 52.8 Å². The van der Waals surface area contributed by atoms with Crippen molar-refractivity contribution >= 4 is 17.5 Å². The second-order valence-electron chi connectivity index (χ2n) is 9.19. The van der Waals surface area contributed by atoms with Crippen LogP contribution in [0.4, 0.5) is 13.2 Å². The van der Waals surface area contributed by atoms with Crippen molar-refractivity contribution in [2.24, 2.45) is 0 Å². The zero-order valence-electron chi connectivity index (χ0n) is 20.7. The molecule has 4 aromatic rings. The van der Waals surface area contributed by atoms with E-state index in [4.69, 9.17) is 14.4 Å². The number of carbonyl (C=O) groups is 2. The highest BCUT2D eigenvalue weighted by Crippen LogP contribution is 2.23. The summed E-state index contributed by atoms with van der Waals surface area (Å²) in [6, 6.07) is 10.00. The summed E-state index contributed by atoms with van der Waals surface area (Å²) in [7, 11) is 0. The van der Waals surface area contributed by atoms with E-state index in [1.807, 2.05) is 63.4 Å². The number of fused-ring (bicyclic) bond motifs is 1. The first-order valence-electron chi connectivity index (χ1n) is 11.0. The maximum absolute atomic E-state index is 12.4. The summed E-state index contributed by atoms with van der Waals surface area (Å²) in [4.78, 5) is 29.8. The summed E-state index contributed by atoms with van der Waals surface area (Å²) in [5.74, 6) is -2.64.